The van der Waals surface area contributed by atoms with Crippen LogP contribution in [0.4, 0.5) is 0 Å². The molecule has 2 aromatic rings. The maximum absolute atomic E-state index is 13.7. The molecule has 1 saturated carbocycles. The molecule has 0 unspecified atom stereocenters. The first-order valence-electron chi connectivity index (χ1n) is 12.7. The van der Waals surface area contributed by atoms with Crippen molar-refractivity contribution in [2.75, 3.05) is 13.1 Å². The van der Waals surface area contributed by atoms with Crippen LogP contribution in [0.15, 0.2) is 48.5 Å². The molecule has 0 bridgehead atoms. The first-order valence-corrected chi connectivity index (χ1v) is 12.7. The number of amides is 2. The number of piperidine rings is 1. The maximum Gasteiger partial charge on any atom is 0.335 e. The molecule has 3 atom stereocenters. The highest BCUT2D eigenvalue weighted by atomic mass is 16.4. The summed E-state index contributed by atoms with van der Waals surface area (Å²) >= 11 is 0. The lowest BCUT2D eigenvalue weighted by atomic mass is 9.66. The minimum absolute atomic E-state index is 0.0285. The van der Waals surface area contributed by atoms with Gasteiger partial charge in [-0.1, -0.05) is 44.9 Å². The van der Waals surface area contributed by atoms with Crippen LogP contribution in [-0.4, -0.2) is 52.0 Å². The highest BCUT2D eigenvalue weighted by Crippen LogP contribution is 2.46. The summed E-state index contributed by atoms with van der Waals surface area (Å²) in [5.41, 5.74) is -0.238. The number of nitrogens with zero attached hydrogens (tertiary/aromatic N) is 2. The zero-order chi connectivity index (χ0) is 26.8. The summed E-state index contributed by atoms with van der Waals surface area (Å²) in [7, 11) is 0. The van der Waals surface area contributed by atoms with Gasteiger partial charge in [-0.2, -0.15) is 5.26 Å². The fourth-order valence-electron chi connectivity index (χ4n) is 5.74. The Hall–Kier alpha value is -3.70. The summed E-state index contributed by atoms with van der Waals surface area (Å²) in [6.45, 7) is 4.64. The van der Waals surface area contributed by atoms with E-state index in [0.717, 1.165) is 18.4 Å². The zero-order valence-electron chi connectivity index (χ0n) is 21.2. The molecule has 3 N–H and O–H groups in total. The third-order valence-corrected chi connectivity index (χ3v) is 8.02. The van der Waals surface area contributed by atoms with Crippen LogP contribution in [0.1, 0.15) is 77.8 Å². The first-order chi connectivity index (χ1) is 17.6. The maximum atomic E-state index is 13.7. The van der Waals surface area contributed by atoms with Gasteiger partial charge in [-0.05, 0) is 55.2 Å². The van der Waals surface area contributed by atoms with Gasteiger partial charge in [-0.15, -0.1) is 0 Å². The van der Waals surface area contributed by atoms with Gasteiger partial charge >= 0.3 is 5.97 Å². The van der Waals surface area contributed by atoms with Gasteiger partial charge < -0.3 is 20.4 Å². The van der Waals surface area contributed by atoms with E-state index in [2.05, 4.69) is 11.4 Å². The number of carboxylic acids is 1. The molecule has 2 fully saturated rings. The van der Waals surface area contributed by atoms with Crippen molar-refractivity contribution in [1.29, 1.82) is 5.26 Å². The van der Waals surface area contributed by atoms with Crippen LogP contribution in [0.2, 0.25) is 0 Å². The monoisotopic (exact) mass is 503 g/mol. The lowest BCUT2D eigenvalue weighted by Crippen LogP contribution is -2.59. The van der Waals surface area contributed by atoms with Crippen molar-refractivity contribution in [2.45, 2.75) is 57.6 Å². The molecule has 194 valence electrons. The smallest absolute Gasteiger partial charge is 0.335 e. The number of rotatable bonds is 5. The van der Waals surface area contributed by atoms with E-state index in [4.69, 9.17) is 5.26 Å². The molecule has 0 aromatic heterocycles. The first kappa shape index (κ1) is 26.4. The lowest BCUT2D eigenvalue weighted by Gasteiger charge is -2.51. The average molecular weight is 504 g/mol. The fraction of sp³-hybridized carbons (Fsp3) is 0.448. The molecule has 1 aliphatic carbocycles. The SMILES string of the molecule is CC1(C)CN(C(=O)[C@H]2CCCC[C@H]2NC(=O)c2cccc(C(=O)O)c2)CC[C@]1(O)c1ccc(C#N)cc1. The summed E-state index contributed by atoms with van der Waals surface area (Å²) in [5, 5.41) is 33.0. The Morgan fingerprint density at radius 3 is 2.38 bits per heavy atom. The highest BCUT2D eigenvalue weighted by Gasteiger charge is 2.50. The van der Waals surface area contributed by atoms with Crippen LogP contribution in [0.25, 0.3) is 0 Å². The molecule has 2 amide bonds. The second kappa shape index (κ2) is 10.3. The van der Waals surface area contributed by atoms with Gasteiger partial charge in [0.2, 0.25) is 5.91 Å². The number of likely N-dealkylation sites (tertiary alicyclic amines) is 1. The van der Waals surface area contributed by atoms with E-state index in [1.54, 1.807) is 35.2 Å². The van der Waals surface area contributed by atoms with Gasteiger partial charge in [0.15, 0.2) is 0 Å². The molecule has 1 saturated heterocycles. The Morgan fingerprint density at radius 1 is 1.05 bits per heavy atom. The number of nitrogens with one attached hydrogen (secondary N) is 1. The Morgan fingerprint density at radius 2 is 1.73 bits per heavy atom. The molecular weight excluding hydrogens is 470 g/mol. The average Bonchev–Trinajstić information content (AvgIpc) is 2.90. The van der Waals surface area contributed by atoms with E-state index in [1.807, 2.05) is 13.8 Å². The summed E-state index contributed by atoms with van der Waals surface area (Å²) in [6.07, 6.45) is 3.49. The van der Waals surface area contributed by atoms with Gasteiger partial charge in [-0.3, -0.25) is 9.59 Å². The number of nitriles is 1. The van der Waals surface area contributed by atoms with Crippen molar-refractivity contribution in [2.24, 2.45) is 11.3 Å². The Bertz CT molecular complexity index is 1230. The summed E-state index contributed by atoms with van der Waals surface area (Å²) in [6, 6.07) is 14.6. The second-order valence-corrected chi connectivity index (χ2v) is 10.8. The van der Waals surface area contributed by atoms with E-state index < -0.39 is 17.0 Å². The van der Waals surface area contributed by atoms with Gasteiger partial charge in [0, 0.05) is 30.1 Å². The number of carboxylic acid groups (broad SMARTS) is 1. The molecule has 1 aliphatic heterocycles. The molecular formula is C29H33N3O5. The zero-order valence-corrected chi connectivity index (χ0v) is 21.2. The van der Waals surface area contributed by atoms with Crippen molar-refractivity contribution in [1.82, 2.24) is 10.2 Å². The van der Waals surface area contributed by atoms with Gasteiger partial charge in [0.25, 0.3) is 5.91 Å². The van der Waals surface area contributed by atoms with Crippen LogP contribution in [0.3, 0.4) is 0 Å². The highest BCUT2D eigenvalue weighted by molar-refractivity contribution is 5.98. The van der Waals surface area contributed by atoms with E-state index in [0.29, 0.717) is 37.9 Å². The van der Waals surface area contributed by atoms with Crippen molar-refractivity contribution < 1.29 is 24.6 Å². The third-order valence-electron chi connectivity index (χ3n) is 8.02. The summed E-state index contributed by atoms with van der Waals surface area (Å²) < 4.78 is 0. The number of hydrogen-bond acceptors (Lipinski definition) is 5. The Balaban J connectivity index is 1.48. The van der Waals surface area contributed by atoms with Gasteiger partial charge in [0.05, 0.1) is 28.7 Å². The largest absolute Gasteiger partial charge is 0.478 e. The van der Waals surface area contributed by atoms with Crippen LogP contribution in [-0.2, 0) is 10.4 Å². The summed E-state index contributed by atoms with van der Waals surface area (Å²) in [5.74, 6) is -1.90. The van der Waals surface area contributed by atoms with Crippen LogP contribution in [0, 0.1) is 22.7 Å². The molecule has 2 aromatic carbocycles. The Kier molecular flexibility index (Phi) is 7.37. The molecule has 37 heavy (non-hydrogen) atoms. The number of benzene rings is 2. The van der Waals surface area contributed by atoms with Gasteiger partial charge in [0.1, 0.15) is 0 Å². The predicted molar refractivity (Wildman–Crippen MR) is 137 cm³/mol. The van der Waals surface area contributed by atoms with E-state index in [9.17, 15) is 24.6 Å². The van der Waals surface area contributed by atoms with Crippen LogP contribution >= 0.6 is 0 Å². The minimum atomic E-state index is -1.15. The number of hydrogen-bond donors (Lipinski definition) is 3. The van der Waals surface area contributed by atoms with Crippen LogP contribution < -0.4 is 5.32 Å². The second-order valence-electron chi connectivity index (χ2n) is 10.8. The normalized spacial score (nSPS) is 25.1. The molecule has 1 heterocycles. The number of carbonyl (C=O) groups is 3. The number of aromatic carboxylic acids is 1. The third kappa shape index (κ3) is 5.23. The topological polar surface area (TPSA) is 131 Å². The van der Waals surface area contributed by atoms with E-state index in [-0.39, 0.29) is 34.9 Å². The lowest BCUT2D eigenvalue weighted by molar-refractivity contribution is -0.158. The quantitative estimate of drug-likeness (QED) is 0.570. The molecule has 0 radical (unpaired) electrons. The summed E-state index contributed by atoms with van der Waals surface area (Å²) in [4.78, 5) is 39.8. The van der Waals surface area contributed by atoms with Crippen molar-refractivity contribution in [3.63, 3.8) is 0 Å². The van der Waals surface area contributed by atoms with Crippen molar-refractivity contribution in [3.05, 3.63) is 70.8 Å². The van der Waals surface area contributed by atoms with Crippen LogP contribution in [0.5, 0.6) is 0 Å². The molecule has 8 nitrogen and oxygen atoms in total. The number of aliphatic hydroxyl groups is 1. The predicted octanol–water partition coefficient (Wildman–Crippen LogP) is 3.69. The Labute approximate surface area is 216 Å². The molecule has 4 rings (SSSR count). The standard InChI is InChI=1S/C29H33N3O5/c1-28(2)18-32(15-14-29(28,37)22-12-10-19(17-30)11-13-22)26(34)23-8-3-4-9-24(23)31-25(33)20-6-5-7-21(16-20)27(35)36/h5-7,10-13,16,23-24,37H,3-4,8-9,14-15,18H2,1-2H3,(H,31,33)(H,35,36)/t23-,24+,29-/m0/s1. The fourth-order valence-corrected chi connectivity index (χ4v) is 5.74. The molecule has 8 heteroatoms. The molecule has 0 spiro atoms. The van der Waals surface area contributed by atoms with Crippen molar-refractivity contribution >= 4 is 17.8 Å². The minimum Gasteiger partial charge on any atom is -0.478 e. The van der Waals surface area contributed by atoms with Gasteiger partial charge in [-0.25, -0.2) is 4.79 Å². The number of carbonyl (C=O) groups excluding carboxylic acids is 2. The molecule has 2 aliphatic rings. The van der Waals surface area contributed by atoms with E-state index >= 15 is 0 Å². The van der Waals surface area contributed by atoms with Crippen molar-refractivity contribution in [3.8, 4) is 6.07 Å². The van der Waals surface area contributed by atoms with E-state index in [1.165, 1.54) is 18.2 Å².